The molecule has 2 rings (SSSR count). The molecule has 0 amide bonds. The third kappa shape index (κ3) is 2.75. The van der Waals surface area contributed by atoms with Crippen LogP contribution in [0.4, 0.5) is 0 Å². The molecule has 1 N–H and O–H groups in total. The van der Waals surface area contributed by atoms with Crippen LogP contribution in [0.3, 0.4) is 0 Å². The lowest BCUT2D eigenvalue weighted by atomic mass is 9.86. The molecule has 0 saturated heterocycles. The van der Waals surface area contributed by atoms with E-state index in [4.69, 9.17) is 0 Å². The lowest BCUT2D eigenvalue weighted by molar-refractivity contribution is 0.435. The zero-order chi connectivity index (χ0) is 10.5. The van der Waals surface area contributed by atoms with Gasteiger partial charge in [-0.3, -0.25) is 0 Å². The summed E-state index contributed by atoms with van der Waals surface area (Å²) in [5, 5.41) is 3.12. The largest absolute Gasteiger partial charge is 0.314 e. The van der Waals surface area contributed by atoms with Crippen molar-refractivity contribution < 1.29 is 0 Å². The zero-order valence-corrected chi connectivity index (χ0v) is 9.37. The molecule has 1 fully saturated rings. The van der Waals surface area contributed by atoms with E-state index in [2.05, 4.69) is 21.4 Å². The van der Waals surface area contributed by atoms with E-state index in [0.29, 0.717) is 5.92 Å². The first-order valence-electron chi connectivity index (χ1n) is 5.85. The molecule has 0 aliphatic heterocycles. The van der Waals surface area contributed by atoms with Gasteiger partial charge in [-0.2, -0.15) is 0 Å². The molecule has 0 atom stereocenters. The Bertz CT molecular complexity index is 305. The van der Waals surface area contributed by atoms with E-state index in [1.54, 1.807) is 6.33 Å². The topological polar surface area (TPSA) is 37.8 Å². The van der Waals surface area contributed by atoms with Crippen LogP contribution >= 0.6 is 0 Å². The van der Waals surface area contributed by atoms with Gasteiger partial charge in [-0.05, 0) is 26.0 Å². The second-order valence-electron chi connectivity index (χ2n) is 4.30. The van der Waals surface area contributed by atoms with Crippen LogP contribution in [0, 0.1) is 0 Å². The maximum absolute atomic E-state index is 4.41. The summed E-state index contributed by atoms with van der Waals surface area (Å²) in [7, 11) is 1.95. The highest BCUT2D eigenvalue weighted by Crippen LogP contribution is 2.31. The van der Waals surface area contributed by atoms with E-state index in [-0.39, 0.29) is 0 Å². The van der Waals surface area contributed by atoms with Gasteiger partial charge in [0.15, 0.2) is 0 Å². The fraction of sp³-hybridized carbons (Fsp3) is 0.667. The smallest absolute Gasteiger partial charge is 0.115 e. The van der Waals surface area contributed by atoms with Gasteiger partial charge < -0.3 is 5.32 Å². The van der Waals surface area contributed by atoms with E-state index < -0.39 is 0 Å². The first kappa shape index (κ1) is 10.6. The van der Waals surface area contributed by atoms with Crippen LogP contribution < -0.4 is 5.32 Å². The Kier molecular flexibility index (Phi) is 3.67. The van der Waals surface area contributed by atoms with Gasteiger partial charge in [-0.15, -0.1) is 0 Å². The first-order valence-corrected chi connectivity index (χ1v) is 5.85. The number of aromatic nitrogens is 2. The molecule has 82 valence electrons. The Morgan fingerprint density at radius 2 is 2.07 bits per heavy atom. The van der Waals surface area contributed by atoms with Crippen LogP contribution in [-0.4, -0.2) is 17.0 Å². The molecule has 1 saturated carbocycles. The van der Waals surface area contributed by atoms with Crippen LogP contribution in [-0.2, 0) is 6.54 Å². The van der Waals surface area contributed by atoms with Crippen molar-refractivity contribution in [3.8, 4) is 0 Å². The van der Waals surface area contributed by atoms with Gasteiger partial charge in [-0.25, -0.2) is 9.97 Å². The number of nitrogens with one attached hydrogen (secondary N) is 1. The normalized spacial score (nSPS) is 17.9. The molecule has 0 unspecified atom stereocenters. The lowest BCUT2D eigenvalue weighted by Gasteiger charge is -2.21. The van der Waals surface area contributed by atoms with Crippen molar-refractivity contribution >= 4 is 0 Å². The van der Waals surface area contributed by atoms with Gasteiger partial charge in [-0.1, -0.05) is 19.3 Å². The van der Waals surface area contributed by atoms with Gasteiger partial charge in [0.25, 0.3) is 0 Å². The predicted octanol–water partition coefficient (Wildman–Crippen LogP) is 2.24. The summed E-state index contributed by atoms with van der Waals surface area (Å²) in [5.41, 5.74) is 2.35. The molecule has 0 spiro atoms. The van der Waals surface area contributed by atoms with E-state index >= 15 is 0 Å². The van der Waals surface area contributed by atoms with Gasteiger partial charge >= 0.3 is 0 Å². The van der Waals surface area contributed by atoms with Crippen LogP contribution in [0.5, 0.6) is 0 Å². The summed E-state index contributed by atoms with van der Waals surface area (Å²) >= 11 is 0. The van der Waals surface area contributed by atoms with Crippen molar-refractivity contribution in [1.29, 1.82) is 0 Å². The molecule has 1 heterocycles. The molecular weight excluding hydrogens is 186 g/mol. The Hall–Kier alpha value is -0.960. The molecule has 1 aliphatic rings. The molecule has 0 aromatic carbocycles. The predicted molar refractivity (Wildman–Crippen MR) is 60.6 cm³/mol. The molecule has 1 aromatic heterocycles. The summed E-state index contributed by atoms with van der Waals surface area (Å²) in [6.07, 6.45) is 8.42. The average molecular weight is 205 g/mol. The van der Waals surface area contributed by atoms with Crippen LogP contribution in [0.25, 0.3) is 0 Å². The van der Waals surface area contributed by atoms with E-state index in [1.807, 2.05) is 7.05 Å². The van der Waals surface area contributed by atoms with Gasteiger partial charge in [0.1, 0.15) is 6.33 Å². The second-order valence-corrected chi connectivity index (χ2v) is 4.30. The summed E-state index contributed by atoms with van der Waals surface area (Å²) in [4.78, 5) is 8.66. The molecule has 1 aliphatic carbocycles. The summed E-state index contributed by atoms with van der Waals surface area (Å²) in [6.45, 7) is 0.836. The van der Waals surface area contributed by atoms with E-state index in [0.717, 1.165) is 12.2 Å². The maximum Gasteiger partial charge on any atom is 0.115 e. The monoisotopic (exact) mass is 205 g/mol. The highest BCUT2D eigenvalue weighted by atomic mass is 14.9. The van der Waals surface area contributed by atoms with Gasteiger partial charge in [0.05, 0.1) is 5.69 Å². The van der Waals surface area contributed by atoms with Crippen molar-refractivity contribution in [2.45, 2.75) is 44.6 Å². The minimum Gasteiger partial charge on any atom is -0.314 e. The van der Waals surface area contributed by atoms with Crippen molar-refractivity contribution in [3.63, 3.8) is 0 Å². The standard InChI is InChI=1S/C12H19N3/c1-13-8-11-7-12(15-9-14-11)10-5-3-2-4-6-10/h7,9-10,13H,2-6,8H2,1H3. The van der Waals surface area contributed by atoms with Gasteiger partial charge in [0, 0.05) is 18.2 Å². The Balaban J connectivity index is 2.09. The highest BCUT2D eigenvalue weighted by molar-refractivity contribution is 5.13. The molecule has 1 aromatic rings. The number of nitrogens with zero attached hydrogens (tertiary/aromatic N) is 2. The number of rotatable bonds is 3. The fourth-order valence-corrected chi connectivity index (χ4v) is 2.31. The highest BCUT2D eigenvalue weighted by Gasteiger charge is 2.16. The number of hydrogen-bond donors (Lipinski definition) is 1. The van der Waals surface area contributed by atoms with Crippen molar-refractivity contribution in [3.05, 3.63) is 23.8 Å². The van der Waals surface area contributed by atoms with Crippen LogP contribution in [0.15, 0.2) is 12.4 Å². The first-order chi connectivity index (χ1) is 7.40. The summed E-state index contributed by atoms with van der Waals surface area (Å²) < 4.78 is 0. The number of hydrogen-bond acceptors (Lipinski definition) is 3. The average Bonchev–Trinajstić information content (AvgIpc) is 2.31. The molecular formula is C12H19N3. The summed E-state index contributed by atoms with van der Waals surface area (Å²) in [5.74, 6) is 0.678. The SMILES string of the molecule is CNCc1cc(C2CCCCC2)ncn1. The third-order valence-electron chi connectivity index (χ3n) is 3.13. The van der Waals surface area contributed by atoms with Gasteiger partial charge in [0.2, 0.25) is 0 Å². The maximum atomic E-state index is 4.41. The fourth-order valence-electron chi connectivity index (χ4n) is 2.31. The quantitative estimate of drug-likeness (QED) is 0.822. The van der Waals surface area contributed by atoms with Crippen molar-refractivity contribution in [2.24, 2.45) is 0 Å². The lowest BCUT2D eigenvalue weighted by Crippen LogP contribution is -2.11. The third-order valence-corrected chi connectivity index (χ3v) is 3.13. The molecule has 0 bridgehead atoms. The molecule has 15 heavy (non-hydrogen) atoms. The van der Waals surface area contributed by atoms with E-state index in [9.17, 15) is 0 Å². The Labute approximate surface area is 91.3 Å². The van der Waals surface area contributed by atoms with E-state index in [1.165, 1.54) is 37.8 Å². The Morgan fingerprint density at radius 1 is 1.27 bits per heavy atom. The van der Waals surface area contributed by atoms with Crippen LogP contribution in [0.2, 0.25) is 0 Å². The molecule has 3 nitrogen and oxygen atoms in total. The van der Waals surface area contributed by atoms with Crippen molar-refractivity contribution in [2.75, 3.05) is 7.05 Å². The molecule has 0 radical (unpaired) electrons. The zero-order valence-electron chi connectivity index (χ0n) is 9.37. The Morgan fingerprint density at radius 3 is 2.80 bits per heavy atom. The van der Waals surface area contributed by atoms with Crippen LogP contribution in [0.1, 0.15) is 49.4 Å². The minimum atomic E-state index is 0.678. The second kappa shape index (κ2) is 5.21. The molecule has 3 heteroatoms. The summed E-state index contributed by atoms with van der Waals surface area (Å²) in [6, 6.07) is 2.16. The van der Waals surface area contributed by atoms with Crippen molar-refractivity contribution in [1.82, 2.24) is 15.3 Å². The minimum absolute atomic E-state index is 0.678.